The van der Waals surface area contributed by atoms with E-state index in [1.807, 2.05) is 12.3 Å². The van der Waals surface area contributed by atoms with Crippen LogP contribution in [0.5, 0.6) is 0 Å². The number of amides is 1. The third kappa shape index (κ3) is 4.48. The zero-order chi connectivity index (χ0) is 16.8. The standard InChI is InChI=1S/C16H19FN2O3S/c1-22-16(21)13(6-8-23-2)18-15(20)10-19-7-5-11-3-4-12(17)9-14(11)19/h3-5,7,9,13H,6,8,10H2,1-2H3,(H,18,20)/t13-/m0/s1. The van der Waals surface area contributed by atoms with Gasteiger partial charge in [-0.05, 0) is 48.1 Å². The van der Waals surface area contributed by atoms with E-state index in [2.05, 4.69) is 5.32 Å². The molecule has 1 amide bonds. The van der Waals surface area contributed by atoms with Gasteiger partial charge in [-0.1, -0.05) is 0 Å². The van der Waals surface area contributed by atoms with Crippen molar-refractivity contribution in [2.45, 2.75) is 19.0 Å². The fourth-order valence-electron chi connectivity index (χ4n) is 2.32. The number of hydrogen-bond acceptors (Lipinski definition) is 4. The predicted molar refractivity (Wildman–Crippen MR) is 88.8 cm³/mol. The van der Waals surface area contributed by atoms with Crippen molar-refractivity contribution < 1.29 is 18.7 Å². The van der Waals surface area contributed by atoms with Crippen LogP contribution < -0.4 is 5.32 Å². The highest BCUT2D eigenvalue weighted by molar-refractivity contribution is 7.98. The lowest BCUT2D eigenvalue weighted by molar-refractivity contribution is -0.145. The van der Waals surface area contributed by atoms with Crippen LogP contribution >= 0.6 is 11.8 Å². The number of nitrogens with zero attached hydrogens (tertiary/aromatic N) is 1. The number of aromatic nitrogens is 1. The summed E-state index contributed by atoms with van der Waals surface area (Å²) in [7, 11) is 1.29. The molecule has 0 spiro atoms. The van der Waals surface area contributed by atoms with Gasteiger partial charge in [-0.15, -0.1) is 0 Å². The summed E-state index contributed by atoms with van der Waals surface area (Å²) in [5.41, 5.74) is 0.638. The van der Waals surface area contributed by atoms with Gasteiger partial charge in [0.2, 0.25) is 5.91 Å². The Balaban J connectivity index is 2.07. The molecule has 0 fully saturated rings. The molecule has 2 rings (SSSR count). The van der Waals surface area contributed by atoms with E-state index in [-0.39, 0.29) is 18.3 Å². The Morgan fingerprint density at radius 3 is 2.87 bits per heavy atom. The molecule has 0 saturated heterocycles. The van der Waals surface area contributed by atoms with E-state index in [0.29, 0.717) is 11.9 Å². The van der Waals surface area contributed by atoms with Gasteiger partial charge in [0, 0.05) is 6.20 Å². The van der Waals surface area contributed by atoms with E-state index >= 15 is 0 Å². The molecule has 2 aromatic rings. The molecule has 0 saturated carbocycles. The minimum Gasteiger partial charge on any atom is -0.467 e. The highest BCUT2D eigenvalue weighted by Gasteiger charge is 2.21. The Morgan fingerprint density at radius 2 is 2.17 bits per heavy atom. The Hall–Kier alpha value is -2.02. The van der Waals surface area contributed by atoms with Gasteiger partial charge < -0.3 is 14.6 Å². The van der Waals surface area contributed by atoms with Crippen LogP contribution in [0.1, 0.15) is 6.42 Å². The van der Waals surface area contributed by atoms with Gasteiger partial charge in [0.05, 0.1) is 12.6 Å². The minimum absolute atomic E-state index is 0.0136. The smallest absolute Gasteiger partial charge is 0.328 e. The third-order valence-corrected chi connectivity index (χ3v) is 4.13. The topological polar surface area (TPSA) is 60.3 Å². The Kier molecular flexibility index (Phi) is 6.04. The van der Waals surface area contributed by atoms with Crippen molar-refractivity contribution in [3.63, 3.8) is 0 Å². The number of methoxy groups -OCH3 is 1. The highest BCUT2D eigenvalue weighted by Crippen LogP contribution is 2.17. The van der Waals surface area contributed by atoms with E-state index in [1.165, 1.54) is 19.2 Å². The number of benzene rings is 1. The van der Waals surface area contributed by atoms with Crippen molar-refractivity contribution in [1.82, 2.24) is 9.88 Å². The summed E-state index contributed by atoms with van der Waals surface area (Å²) in [4.78, 5) is 23.9. The summed E-state index contributed by atoms with van der Waals surface area (Å²) < 4.78 is 19.7. The molecule has 7 heteroatoms. The minimum atomic E-state index is -0.668. The van der Waals surface area contributed by atoms with Crippen molar-refractivity contribution in [1.29, 1.82) is 0 Å². The number of halogens is 1. The van der Waals surface area contributed by atoms with E-state index in [0.717, 1.165) is 11.1 Å². The molecular weight excluding hydrogens is 319 g/mol. The third-order valence-electron chi connectivity index (χ3n) is 3.48. The lowest BCUT2D eigenvalue weighted by Crippen LogP contribution is -2.43. The number of carbonyl (C=O) groups excluding carboxylic acids is 2. The molecule has 0 radical (unpaired) electrons. The van der Waals surface area contributed by atoms with Crippen LogP contribution in [0.15, 0.2) is 30.5 Å². The largest absolute Gasteiger partial charge is 0.467 e. The lowest BCUT2D eigenvalue weighted by Gasteiger charge is -2.16. The molecule has 23 heavy (non-hydrogen) atoms. The quantitative estimate of drug-likeness (QED) is 0.786. The molecule has 1 aromatic heterocycles. The zero-order valence-electron chi connectivity index (χ0n) is 13.0. The lowest BCUT2D eigenvalue weighted by atomic mass is 10.2. The summed E-state index contributed by atoms with van der Waals surface area (Å²) >= 11 is 1.59. The fourth-order valence-corrected chi connectivity index (χ4v) is 2.79. The van der Waals surface area contributed by atoms with Crippen LogP contribution in [0, 0.1) is 5.82 Å². The Labute approximate surface area is 138 Å². The average molecular weight is 338 g/mol. The van der Waals surface area contributed by atoms with Crippen molar-refractivity contribution in [2.75, 3.05) is 19.1 Å². The van der Waals surface area contributed by atoms with Crippen LogP contribution in [0.2, 0.25) is 0 Å². The van der Waals surface area contributed by atoms with E-state index in [9.17, 15) is 14.0 Å². The molecule has 0 bridgehead atoms. The van der Waals surface area contributed by atoms with E-state index < -0.39 is 12.0 Å². The fraction of sp³-hybridized carbons (Fsp3) is 0.375. The summed E-state index contributed by atoms with van der Waals surface area (Å²) in [6.07, 6.45) is 4.15. The first-order valence-corrected chi connectivity index (χ1v) is 8.55. The molecule has 1 N–H and O–H groups in total. The van der Waals surface area contributed by atoms with Gasteiger partial charge in [-0.25, -0.2) is 9.18 Å². The van der Waals surface area contributed by atoms with Gasteiger partial charge in [0.25, 0.3) is 0 Å². The predicted octanol–water partition coefficient (Wildman–Crippen LogP) is 2.19. The van der Waals surface area contributed by atoms with Crippen LogP contribution in [0.4, 0.5) is 4.39 Å². The Bertz CT molecular complexity index is 702. The zero-order valence-corrected chi connectivity index (χ0v) is 13.9. The van der Waals surface area contributed by atoms with Crippen molar-refractivity contribution in [3.8, 4) is 0 Å². The van der Waals surface area contributed by atoms with Crippen molar-refractivity contribution in [3.05, 3.63) is 36.3 Å². The van der Waals surface area contributed by atoms with Gasteiger partial charge >= 0.3 is 5.97 Å². The monoisotopic (exact) mass is 338 g/mol. The molecule has 5 nitrogen and oxygen atoms in total. The molecule has 0 aliphatic rings. The summed E-state index contributed by atoms with van der Waals surface area (Å²) in [6.45, 7) is 0.0136. The maximum absolute atomic E-state index is 13.4. The first kappa shape index (κ1) is 17.3. The number of hydrogen-bond donors (Lipinski definition) is 1. The molecular formula is C16H19FN2O3S. The second-order valence-electron chi connectivity index (χ2n) is 5.07. The second kappa shape index (κ2) is 8.01. The Morgan fingerprint density at radius 1 is 1.39 bits per heavy atom. The van der Waals surface area contributed by atoms with Gasteiger partial charge in [-0.2, -0.15) is 11.8 Å². The number of fused-ring (bicyclic) bond motifs is 1. The SMILES string of the molecule is COC(=O)[C@H](CCSC)NC(=O)Cn1ccc2ccc(F)cc21. The van der Waals surface area contributed by atoms with Gasteiger partial charge in [-0.3, -0.25) is 4.79 Å². The normalized spacial score (nSPS) is 12.1. The molecule has 0 aliphatic heterocycles. The summed E-state index contributed by atoms with van der Waals surface area (Å²) in [5.74, 6) is -0.401. The van der Waals surface area contributed by atoms with Crippen LogP contribution in [-0.4, -0.2) is 41.6 Å². The molecule has 0 unspecified atom stereocenters. The van der Waals surface area contributed by atoms with Crippen molar-refractivity contribution >= 4 is 34.5 Å². The number of ether oxygens (including phenoxy) is 1. The highest BCUT2D eigenvalue weighted by atomic mass is 32.2. The first-order chi connectivity index (χ1) is 11.0. The number of esters is 1. The van der Waals surface area contributed by atoms with Crippen LogP contribution in [0.3, 0.4) is 0 Å². The maximum Gasteiger partial charge on any atom is 0.328 e. The van der Waals surface area contributed by atoms with Gasteiger partial charge in [0.1, 0.15) is 18.4 Å². The average Bonchev–Trinajstić information content (AvgIpc) is 2.92. The maximum atomic E-state index is 13.4. The number of carbonyl (C=O) groups is 2. The van der Waals surface area contributed by atoms with Crippen LogP contribution in [-0.2, 0) is 20.9 Å². The molecule has 1 heterocycles. The summed E-state index contributed by atoms with van der Waals surface area (Å²) in [5, 5.41) is 3.53. The van der Waals surface area contributed by atoms with E-state index in [1.54, 1.807) is 28.6 Å². The summed E-state index contributed by atoms with van der Waals surface area (Å²) in [6, 6.07) is 5.57. The number of rotatable bonds is 7. The molecule has 1 aromatic carbocycles. The molecule has 124 valence electrons. The van der Waals surface area contributed by atoms with Gasteiger partial charge in [0.15, 0.2) is 0 Å². The van der Waals surface area contributed by atoms with Crippen LogP contribution in [0.25, 0.3) is 10.9 Å². The first-order valence-electron chi connectivity index (χ1n) is 7.15. The number of thioether (sulfide) groups is 1. The van der Waals surface area contributed by atoms with E-state index in [4.69, 9.17) is 4.74 Å². The molecule has 1 atom stereocenters. The molecule has 0 aliphatic carbocycles. The second-order valence-corrected chi connectivity index (χ2v) is 6.06. The number of nitrogens with one attached hydrogen (secondary N) is 1. The van der Waals surface area contributed by atoms with Crippen molar-refractivity contribution in [2.24, 2.45) is 0 Å².